The molecule has 1 unspecified atom stereocenters. The van der Waals surface area contributed by atoms with Gasteiger partial charge in [0, 0.05) is 19.0 Å². The van der Waals surface area contributed by atoms with Gasteiger partial charge in [0.1, 0.15) is 0 Å². The summed E-state index contributed by atoms with van der Waals surface area (Å²) in [6, 6.07) is 0.356. The molecule has 1 atom stereocenters. The largest absolute Gasteiger partial charge is 0.395 e. The third kappa shape index (κ3) is 2.49. The number of amidine groups is 1. The maximum Gasteiger partial charge on any atom is 0.0911 e. The van der Waals surface area contributed by atoms with Crippen LogP contribution >= 0.6 is 0 Å². The topological polar surface area (TPSA) is 73.3 Å². The Labute approximate surface area is 91.0 Å². The minimum absolute atomic E-state index is 0.274. The number of likely N-dealkylation sites (tertiary alicyclic amines) is 1. The van der Waals surface area contributed by atoms with Crippen molar-refractivity contribution in [3.05, 3.63) is 0 Å². The van der Waals surface area contributed by atoms with Crippen LogP contribution < -0.4 is 5.73 Å². The van der Waals surface area contributed by atoms with Crippen molar-refractivity contribution in [3.8, 4) is 0 Å². The number of aliphatic hydroxyl groups is 1. The monoisotopic (exact) mass is 211 g/mol. The molecular formula is C11H21N3O. The zero-order valence-corrected chi connectivity index (χ0v) is 9.21. The SMILES string of the molecule is N=C(N)CC1(CN2CCCC2CO)CC1. The molecule has 86 valence electrons. The maximum atomic E-state index is 9.23. The van der Waals surface area contributed by atoms with Crippen molar-refractivity contribution in [2.45, 2.75) is 38.1 Å². The number of hydrogen-bond donors (Lipinski definition) is 3. The van der Waals surface area contributed by atoms with Crippen LogP contribution in [0.2, 0.25) is 0 Å². The zero-order chi connectivity index (χ0) is 10.9. The molecule has 1 aliphatic carbocycles. The summed E-state index contributed by atoms with van der Waals surface area (Å²) < 4.78 is 0. The second kappa shape index (κ2) is 4.10. The van der Waals surface area contributed by atoms with Gasteiger partial charge in [-0.3, -0.25) is 10.3 Å². The van der Waals surface area contributed by atoms with E-state index in [4.69, 9.17) is 11.1 Å². The summed E-state index contributed by atoms with van der Waals surface area (Å²) in [5.74, 6) is 0.312. The summed E-state index contributed by atoms with van der Waals surface area (Å²) in [4.78, 5) is 2.38. The number of nitrogens with two attached hydrogens (primary N) is 1. The standard InChI is InChI=1S/C11H21N3O/c12-10(13)6-11(3-4-11)8-14-5-1-2-9(14)7-15/h9,15H,1-8H2,(H3,12,13). The van der Waals surface area contributed by atoms with Gasteiger partial charge in [-0.1, -0.05) is 0 Å². The fourth-order valence-electron chi connectivity index (χ4n) is 2.71. The number of nitrogens with zero attached hydrogens (tertiary/aromatic N) is 1. The Bertz CT molecular complexity index is 250. The molecule has 1 saturated carbocycles. The van der Waals surface area contributed by atoms with Gasteiger partial charge >= 0.3 is 0 Å². The number of rotatable bonds is 5. The van der Waals surface area contributed by atoms with Crippen molar-refractivity contribution >= 4 is 5.84 Å². The highest BCUT2D eigenvalue weighted by Crippen LogP contribution is 2.49. The van der Waals surface area contributed by atoms with Crippen LogP contribution in [0.5, 0.6) is 0 Å². The van der Waals surface area contributed by atoms with E-state index < -0.39 is 0 Å². The van der Waals surface area contributed by atoms with E-state index >= 15 is 0 Å². The zero-order valence-electron chi connectivity index (χ0n) is 9.21. The van der Waals surface area contributed by atoms with Gasteiger partial charge in [0.25, 0.3) is 0 Å². The first-order chi connectivity index (χ1) is 7.15. The summed E-state index contributed by atoms with van der Waals surface area (Å²) in [5.41, 5.74) is 5.76. The van der Waals surface area contributed by atoms with Gasteiger partial charge in [-0.05, 0) is 37.6 Å². The van der Waals surface area contributed by atoms with Crippen molar-refractivity contribution in [1.29, 1.82) is 5.41 Å². The predicted octanol–water partition coefficient (Wildman–Crippen LogP) is 0.549. The molecule has 1 saturated heterocycles. The minimum atomic E-state index is 0.274. The molecule has 2 aliphatic rings. The molecule has 0 aromatic carbocycles. The highest BCUT2D eigenvalue weighted by molar-refractivity contribution is 5.78. The van der Waals surface area contributed by atoms with E-state index in [1.165, 1.54) is 19.3 Å². The molecule has 0 amide bonds. The number of aliphatic hydroxyl groups excluding tert-OH is 1. The molecule has 1 aliphatic heterocycles. The van der Waals surface area contributed by atoms with E-state index in [2.05, 4.69) is 4.90 Å². The molecule has 0 aromatic rings. The van der Waals surface area contributed by atoms with Gasteiger partial charge in [-0.15, -0.1) is 0 Å². The van der Waals surface area contributed by atoms with Gasteiger partial charge in [-0.2, -0.15) is 0 Å². The second-order valence-electron chi connectivity index (χ2n) is 5.15. The average Bonchev–Trinajstić information content (AvgIpc) is 2.77. The van der Waals surface area contributed by atoms with Crippen LogP contribution in [0.3, 0.4) is 0 Å². The van der Waals surface area contributed by atoms with Crippen molar-refractivity contribution in [2.75, 3.05) is 19.7 Å². The lowest BCUT2D eigenvalue weighted by atomic mass is 10.0. The Morgan fingerprint density at radius 1 is 1.53 bits per heavy atom. The molecule has 4 N–H and O–H groups in total. The van der Waals surface area contributed by atoms with Crippen LogP contribution in [-0.2, 0) is 0 Å². The molecule has 0 aromatic heterocycles. The lowest BCUT2D eigenvalue weighted by molar-refractivity contribution is 0.138. The summed E-state index contributed by atoms with van der Waals surface area (Å²) in [5, 5.41) is 16.6. The highest BCUT2D eigenvalue weighted by Gasteiger charge is 2.45. The maximum absolute atomic E-state index is 9.23. The third-order valence-corrected chi connectivity index (χ3v) is 3.77. The van der Waals surface area contributed by atoms with Gasteiger partial charge in [0.15, 0.2) is 0 Å². The second-order valence-corrected chi connectivity index (χ2v) is 5.15. The van der Waals surface area contributed by atoms with Gasteiger partial charge < -0.3 is 10.8 Å². The van der Waals surface area contributed by atoms with E-state index in [-0.39, 0.29) is 12.0 Å². The quantitative estimate of drug-likeness (QED) is 0.459. The van der Waals surface area contributed by atoms with Crippen molar-refractivity contribution < 1.29 is 5.11 Å². The number of hydrogen-bond acceptors (Lipinski definition) is 3. The van der Waals surface area contributed by atoms with Crippen LogP contribution in [0.1, 0.15) is 32.1 Å². The van der Waals surface area contributed by atoms with Crippen LogP contribution in [0.4, 0.5) is 0 Å². The molecular weight excluding hydrogens is 190 g/mol. The van der Waals surface area contributed by atoms with Gasteiger partial charge in [0.2, 0.25) is 0 Å². The van der Waals surface area contributed by atoms with E-state index in [0.717, 1.165) is 25.9 Å². The van der Waals surface area contributed by atoms with E-state index in [0.29, 0.717) is 11.9 Å². The smallest absolute Gasteiger partial charge is 0.0911 e. The normalized spacial score (nSPS) is 29.3. The fraction of sp³-hybridized carbons (Fsp3) is 0.909. The lowest BCUT2D eigenvalue weighted by Gasteiger charge is -2.27. The first-order valence-corrected chi connectivity index (χ1v) is 5.83. The Kier molecular flexibility index (Phi) is 2.98. The minimum Gasteiger partial charge on any atom is -0.395 e. The highest BCUT2D eigenvalue weighted by atomic mass is 16.3. The van der Waals surface area contributed by atoms with Crippen LogP contribution in [-0.4, -0.2) is 41.6 Å². The molecule has 2 rings (SSSR count). The fourth-order valence-corrected chi connectivity index (χ4v) is 2.71. The van der Waals surface area contributed by atoms with Gasteiger partial charge in [0.05, 0.1) is 12.4 Å². The van der Waals surface area contributed by atoms with Crippen LogP contribution in [0.15, 0.2) is 0 Å². The first-order valence-electron chi connectivity index (χ1n) is 5.83. The predicted molar refractivity (Wildman–Crippen MR) is 59.9 cm³/mol. The Morgan fingerprint density at radius 3 is 2.80 bits per heavy atom. The lowest BCUT2D eigenvalue weighted by Crippen LogP contribution is -2.38. The number of nitrogens with one attached hydrogen (secondary N) is 1. The summed E-state index contributed by atoms with van der Waals surface area (Å²) in [6.45, 7) is 2.40. The first kappa shape index (κ1) is 10.9. The molecule has 0 radical (unpaired) electrons. The summed E-state index contributed by atoms with van der Waals surface area (Å²) in [6.07, 6.45) is 5.44. The summed E-state index contributed by atoms with van der Waals surface area (Å²) >= 11 is 0. The summed E-state index contributed by atoms with van der Waals surface area (Å²) in [7, 11) is 0. The molecule has 15 heavy (non-hydrogen) atoms. The Morgan fingerprint density at radius 2 is 2.27 bits per heavy atom. The molecule has 4 nitrogen and oxygen atoms in total. The molecule has 4 heteroatoms. The van der Waals surface area contributed by atoms with E-state index in [1.54, 1.807) is 0 Å². The molecule has 0 bridgehead atoms. The Hall–Kier alpha value is -0.610. The van der Waals surface area contributed by atoms with Crippen molar-refractivity contribution in [2.24, 2.45) is 11.1 Å². The van der Waals surface area contributed by atoms with Crippen molar-refractivity contribution in [1.82, 2.24) is 4.90 Å². The van der Waals surface area contributed by atoms with Crippen molar-refractivity contribution in [3.63, 3.8) is 0 Å². The van der Waals surface area contributed by atoms with Gasteiger partial charge in [-0.25, -0.2) is 0 Å². The average molecular weight is 211 g/mol. The van der Waals surface area contributed by atoms with E-state index in [9.17, 15) is 5.11 Å². The van der Waals surface area contributed by atoms with Crippen LogP contribution in [0, 0.1) is 10.8 Å². The Balaban J connectivity index is 1.88. The molecule has 0 spiro atoms. The van der Waals surface area contributed by atoms with E-state index in [1.807, 2.05) is 0 Å². The third-order valence-electron chi connectivity index (χ3n) is 3.77. The molecule has 1 heterocycles. The van der Waals surface area contributed by atoms with Crippen LogP contribution in [0.25, 0.3) is 0 Å². The molecule has 2 fully saturated rings.